The molecule has 0 radical (unpaired) electrons. The molecular formula is C16H20N2O. The molecule has 0 saturated heterocycles. The molecule has 0 amide bonds. The summed E-state index contributed by atoms with van der Waals surface area (Å²) in [5.74, 6) is 0.337. The molecular weight excluding hydrogens is 236 g/mol. The fourth-order valence-electron chi connectivity index (χ4n) is 3.79. The fraction of sp³-hybridized carbons (Fsp3) is 0.438. The largest absolute Gasteiger partial charge is 0.318 e. The Kier molecular flexibility index (Phi) is 2.58. The van der Waals surface area contributed by atoms with Gasteiger partial charge in [-0.15, -0.1) is 0 Å². The molecule has 0 aliphatic heterocycles. The summed E-state index contributed by atoms with van der Waals surface area (Å²) in [4.78, 5) is 11.8. The van der Waals surface area contributed by atoms with E-state index in [1.54, 1.807) is 10.6 Å². The van der Waals surface area contributed by atoms with Crippen LogP contribution in [0, 0.1) is 5.92 Å². The Hall–Kier alpha value is -1.61. The molecule has 100 valence electrons. The lowest BCUT2D eigenvalue weighted by Gasteiger charge is -2.45. The van der Waals surface area contributed by atoms with E-state index in [9.17, 15) is 4.79 Å². The molecule has 0 aromatic carbocycles. The van der Waals surface area contributed by atoms with Crippen molar-refractivity contribution in [2.24, 2.45) is 18.7 Å². The van der Waals surface area contributed by atoms with Gasteiger partial charge in [-0.25, -0.2) is 0 Å². The van der Waals surface area contributed by atoms with Crippen LogP contribution in [0.1, 0.15) is 31.5 Å². The summed E-state index contributed by atoms with van der Waals surface area (Å²) in [6.07, 6.45) is 6.18. The molecule has 3 rings (SSSR count). The second-order valence-electron chi connectivity index (χ2n) is 5.81. The van der Waals surface area contributed by atoms with Crippen molar-refractivity contribution in [1.29, 1.82) is 0 Å². The number of pyridine rings is 1. The number of allylic oxidation sites excluding steroid dienone is 2. The number of rotatable bonds is 0. The van der Waals surface area contributed by atoms with Crippen LogP contribution in [-0.2, 0) is 19.0 Å². The first-order valence-electron chi connectivity index (χ1n) is 6.79. The van der Waals surface area contributed by atoms with Crippen molar-refractivity contribution < 1.29 is 0 Å². The molecule has 19 heavy (non-hydrogen) atoms. The number of nitrogens with two attached hydrogens (primary N) is 1. The molecule has 1 aromatic heterocycles. The van der Waals surface area contributed by atoms with Crippen molar-refractivity contribution in [3.8, 4) is 0 Å². The Bertz CT molecular complexity index is 666. The van der Waals surface area contributed by atoms with E-state index in [0.717, 1.165) is 24.1 Å². The maximum Gasteiger partial charge on any atom is 0.250 e. The van der Waals surface area contributed by atoms with Gasteiger partial charge in [0.05, 0.1) is 5.54 Å². The van der Waals surface area contributed by atoms with Gasteiger partial charge < -0.3 is 10.3 Å². The molecule has 2 atom stereocenters. The molecule has 2 aliphatic rings. The molecule has 1 aromatic rings. The van der Waals surface area contributed by atoms with Crippen LogP contribution in [0.25, 0.3) is 0 Å². The zero-order chi connectivity index (χ0) is 13.8. The van der Waals surface area contributed by atoms with Crippen molar-refractivity contribution in [3.05, 3.63) is 57.0 Å². The molecule has 3 heteroatoms. The number of aromatic nitrogens is 1. The van der Waals surface area contributed by atoms with Gasteiger partial charge in [-0.3, -0.25) is 4.79 Å². The highest BCUT2D eigenvalue weighted by atomic mass is 16.1. The van der Waals surface area contributed by atoms with E-state index in [4.69, 9.17) is 5.73 Å². The summed E-state index contributed by atoms with van der Waals surface area (Å²) in [6, 6.07) is 3.56. The minimum absolute atomic E-state index is 0.0463. The highest BCUT2D eigenvalue weighted by molar-refractivity contribution is 5.49. The molecule has 2 N–H and O–H groups in total. The summed E-state index contributed by atoms with van der Waals surface area (Å²) < 4.78 is 1.75. The third-order valence-electron chi connectivity index (χ3n) is 4.60. The van der Waals surface area contributed by atoms with Crippen LogP contribution in [0.2, 0.25) is 0 Å². The molecule has 1 heterocycles. The molecule has 0 saturated carbocycles. The normalized spacial score (nSPS) is 31.1. The van der Waals surface area contributed by atoms with Crippen molar-refractivity contribution in [1.82, 2.24) is 4.57 Å². The minimum atomic E-state index is -0.433. The van der Waals surface area contributed by atoms with Gasteiger partial charge in [0.25, 0.3) is 0 Å². The summed E-state index contributed by atoms with van der Waals surface area (Å²) in [5, 5.41) is 0. The standard InChI is InChI=1S/C16H20N2O/c1-4-12-11-7-10(2)9-16(12,17)13-5-6-15(19)18(3)14(13)8-11/h4-7,11H,8-9,17H2,1-3H3/b12-4+. The van der Waals surface area contributed by atoms with E-state index in [1.165, 1.54) is 11.1 Å². The van der Waals surface area contributed by atoms with Crippen LogP contribution >= 0.6 is 0 Å². The summed E-state index contributed by atoms with van der Waals surface area (Å²) in [5.41, 5.74) is 11.2. The Morgan fingerprint density at radius 1 is 1.47 bits per heavy atom. The predicted octanol–water partition coefficient (Wildman–Crippen LogP) is 2.01. The molecule has 2 aliphatic carbocycles. The third-order valence-corrected chi connectivity index (χ3v) is 4.60. The van der Waals surface area contributed by atoms with Crippen molar-refractivity contribution in [2.45, 2.75) is 32.2 Å². The zero-order valence-electron chi connectivity index (χ0n) is 11.7. The monoisotopic (exact) mass is 256 g/mol. The molecule has 3 nitrogen and oxygen atoms in total. The van der Waals surface area contributed by atoms with E-state index < -0.39 is 5.54 Å². The first kappa shape index (κ1) is 12.4. The SMILES string of the molecule is C/C=C1\C2C=C(C)CC1(N)c1ccc(=O)n(C)c1C2. The third kappa shape index (κ3) is 1.58. The van der Waals surface area contributed by atoms with Gasteiger partial charge in [0.2, 0.25) is 5.56 Å². The van der Waals surface area contributed by atoms with Gasteiger partial charge >= 0.3 is 0 Å². The molecule has 2 bridgehead atoms. The lowest BCUT2D eigenvalue weighted by atomic mass is 9.63. The first-order valence-corrected chi connectivity index (χ1v) is 6.79. The highest BCUT2D eigenvalue weighted by Crippen LogP contribution is 2.47. The van der Waals surface area contributed by atoms with Crippen molar-refractivity contribution >= 4 is 0 Å². The summed E-state index contributed by atoms with van der Waals surface area (Å²) in [6.45, 7) is 4.21. The Morgan fingerprint density at radius 3 is 2.89 bits per heavy atom. The lowest BCUT2D eigenvalue weighted by Crippen LogP contribution is -2.49. The quantitative estimate of drug-likeness (QED) is 0.722. The number of fused-ring (bicyclic) bond motifs is 4. The molecule has 0 spiro atoms. The summed E-state index contributed by atoms with van der Waals surface area (Å²) in [7, 11) is 1.84. The van der Waals surface area contributed by atoms with Crippen LogP contribution in [0.3, 0.4) is 0 Å². The van der Waals surface area contributed by atoms with E-state index in [1.807, 2.05) is 13.1 Å². The van der Waals surface area contributed by atoms with Crippen molar-refractivity contribution in [2.75, 3.05) is 0 Å². The van der Waals surface area contributed by atoms with E-state index >= 15 is 0 Å². The molecule has 2 unspecified atom stereocenters. The van der Waals surface area contributed by atoms with Gasteiger partial charge in [0.15, 0.2) is 0 Å². The minimum Gasteiger partial charge on any atom is -0.318 e. The summed E-state index contributed by atoms with van der Waals surface area (Å²) >= 11 is 0. The maximum atomic E-state index is 11.8. The van der Waals surface area contributed by atoms with Crippen LogP contribution in [0.5, 0.6) is 0 Å². The van der Waals surface area contributed by atoms with Gasteiger partial charge in [0, 0.05) is 24.7 Å². The maximum absolute atomic E-state index is 11.8. The smallest absolute Gasteiger partial charge is 0.250 e. The lowest BCUT2D eigenvalue weighted by molar-refractivity contribution is 0.401. The van der Waals surface area contributed by atoms with Gasteiger partial charge in [-0.05, 0) is 43.9 Å². The second-order valence-corrected chi connectivity index (χ2v) is 5.81. The average Bonchev–Trinajstić information content (AvgIpc) is 2.33. The van der Waals surface area contributed by atoms with E-state index in [-0.39, 0.29) is 5.56 Å². The number of hydrogen-bond acceptors (Lipinski definition) is 2. The van der Waals surface area contributed by atoms with Gasteiger partial charge in [0.1, 0.15) is 0 Å². The average molecular weight is 256 g/mol. The van der Waals surface area contributed by atoms with Gasteiger partial charge in [-0.2, -0.15) is 0 Å². The predicted molar refractivity (Wildman–Crippen MR) is 76.9 cm³/mol. The van der Waals surface area contributed by atoms with E-state index in [0.29, 0.717) is 5.92 Å². The first-order chi connectivity index (χ1) is 8.97. The topological polar surface area (TPSA) is 48.0 Å². The van der Waals surface area contributed by atoms with Crippen LogP contribution in [0.15, 0.2) is 40.2 Å². The number of hydrogen-bond donors (Lipinski definition) is 1. The second kappa shape index (κ2) is 3.94. The Morgan fingerprint density at radius 2 is 2.21 bits per heavy atom. The van der Waals surface area contributed by atoms with Crippen molar-refractivity contribution in [3.63, 3.8) is 0 Å². The van der Waals surface area contributed by atoms with Crippen LogP contribution in [0.4, 0.5) is 0 Å². The Balaban J connectivity index is 2.33. The fourth-order valence-corrected chi connectivity index (χ4v) is 3.79. The zero-order valence-corrected chi connectivity index (χ0v) is 11.7. The van der Waals surface area contributed by atoms with E-state index in [2.05, 4.69) is 26.0 Å². The Labute approximate surface area is 113 Å². The molecule has 0 fully saturated rings. The highest BCUT2D eigenvalue weighted by Gasteiger charge is 2.44. The van der Waals surface area contributed by atoms with Crippen LogP contribution < -0.4 is 11.3 Å². The van der Waals surface area contributed by atoms with Crippen LogP contribution in [-0.4, -0.2) is 4.57 Å². The van der Waals surface area contributed by atoms with Gasteiger partial charge in [-0.1, -0.05) is 17.7 Å². The number of nitrogens with zero attached hydrogens (tertiary/aromatic N) is 1.